The summed E-state index contributed by atoms with van der Waals surface area (Å²) in [6, 6.07) is 4.72. The van der Waals surface area contributed by atoms with Crippen molar-refractivity contribution in [1.82, 2.24) is 0 Å². The number of hydrogen-bond donors (Lipinski definition) is 2. The topological polar surface area (TPSA) is 49.3 Å². The Hall–Kier alpha value is -1.72. The van der Waals surface area contributed by atoms with Gasteiger partial charge in [-0.3, -0.25) is 4.79 Å². The SMILES string of the molecule is C[C@H](Nc1ccc(CC(F)(F)F)cc1)C(=O)O. The number of anilines is 1. The van der Waals surface area contributed by atoms with Crippen LogP contribution in [-0.2, 0) is 11.2 Å². The van der Waals surface area contributed by atoms with Gasteiger partial charge in [0.25, 0.3) is 0 Å². The Bertz CT molecular complexity index is 387. The maximum Gasteiger partial charge on any atom is 0.393 e. The van der Waals surface area contributed by atoms with Crippen molar-refractivity contribution in [3.05, 3.63) is 29.8 Å². The van der Waals surface area contributed by atoms with Crippen molar-refractivity contribution in [2.24, 2.45) is 0 Å². The zero-order valence-electron chi connectivity index (χ0n) is 9.08. The van der Waals surface area contributed by atoms with Crippen LogP contribution in [0.4, 0.5) is 18.9 Å². The van der Waals surface area contributed by atoms with Crippen molar-refractivity contribution in [3.8, 4) is 0 Å². The molecule has 3 nitrogen and oxygen atoms in total. The van der Waals surface area contributed by atoms with Crippen LogP contribution in [0.3, 0.4) is 0 Å². The number of aliphatic carboxylic acids is 1. The predicted octanol–water partition coefficient (Wildman–Crippen LogP) is 2.68. The van der Waals surface area contributed by atoms with E-state index in [9.17, 15) is 18.0 Å². The van der Waals surface area contributed by atoms with Gasteiger partial charge in [-0.1, -0.05) is 12.1 Å². The third kappa shape index (κ3) is 4.76. The van der Waals surface area contributed by atoms with Crippen molar-refractivity contribution in [3.63, 3.8) is 0 Å². The Morgan fingerprint density at radius 2 is 1.88 bits per heavy atom. The standard InChI is InChI=1S/C11H12F3NO2/c1-7(10(16)17)15-9-4-2-8(3-5-9)6-11(12,13)14/h2-5,7,15H,6H2,1H3,(H,16,17)/t7-/m0/s1. The smallest absolute Gasteiger partial charge is 0.393 e. The van der Waals surface area contributed by atoms with E-state index >= 15 is 0 Å². The first-order chi connectivity index (χ1) is 7.78. The molecule has 0 radical (unpaired) electrons. The number of halogens is 3. The van der Waals surface area contributed by atoms with E-state index < -0.39 is 24.6 Å². The van der Waals surface area contributed by atoms with Gasteiger partial charge in [0.2, 0.25) is 0 Å². The first-order valence-electron chi connectivity index (χ1n) is 4.93. The second-order valence-corrected chi connectivity index (χ2v) is 3.69. The first kappa shape index (κ1) is 13.3. The van der Waals surface area contributed by atoms with Gasteiger partial charge in [0, 0.05) is 5.69 Å². The summed E-state index contributed by atoms with van der Waals surface area (Å²) in [5, 5.41) is 11.3. The molecule has 0 saturated heterocycles. The highest BCUT2D eigenvalue weighted by Gasteiger charge is 2.27. The Morgan fingerprint density at radius 3 is 2.29 bits per heavy atom. The van der Waals surface area contributed by atoms with E-state index in [2.05, 4.69) is 5.32 Å². The van der Waals surface area contributed by atoms with Crippen LogP contribution in [0.1, 0.15) is 12.5 Å². The van der Waals surface area contributed by atoms with E-state index in [1.165, 1.54) is 31.2 Å². The molecule has 0 amide bonds. The highest BCUT2D eigenvalue weighted by atomic mass is 19.4. The molecule has 0 spiro atoms. The fraction of sp³-hybridized carbons (Fsp3) is 0.364. The van der Waals surface area contributed by atoms with Crippen molar-refractivity contribution >= 4 is 11.7 Å². The number of carboxylic acids is 1. The van der Waals surface area contributed by atoms with Gasteiger partial charge < -0.3 is 10.4 Å². The van der Waals surface area contributed by atoms with Gasteiger partial charge in [0.05, 0.1) is 6.42 Å². The zero-order chi connectivity index (χ0) is 13.1. The second-order valence-electron chi connectivity index (χ2n) is 3.69. The minimum atomic E-state index is -4.23. The molecular weight excluding hydrogens is 235 g/mol. The number of carbonyl (C=O) groups is 1. The number of benzene rings is 1. The minimum absolute atomic E-state index is 0.144. The molecule has 0 saturated carbocycles. The summed E-state index contributed by atoms with van der Waals surface area (Å²) in [7, 11) is 0. The molecule has 2 N–H and O–H groups in total. The number of rotatable bonds is 4. The number of carboxylic acid groups (broad SMARTS) is 1. The van der Waals surface area contributed by atoms with E-state index in [0.29, 0.717) is 5.69 Å². The Morgan fingerprint density at radius 1 is 1.35 bits per heavy atom. The molecule has 94 valence electrons. The summed E-state index contributed by atoms with van der Waals surface area (Å²) in [6.07, 6.45) is -5.22. The van der Waals surface area contributed by atoms with Crippen LogP contribution < -0.4 is 5.32 Å². The van der Waals surface area contributed by atoms with Crippen molar-refractivity contribution < 1.29 is 23.1 Å². The Balaban J connectivity index is 2.65. The van der Waals surface area contributed by atoms with Crippen LogP contribution in [0.25, 0.3) is 0 Å². The van der Waals surface area contributed by atoms with Crippen LogP contribution in [-0.4, -0.2) is 23.3 Å². The number of alkyl halides is 3. The lowest BCUT2D eigenvalue weighted by Crippen LogP contribution is -2.25. The summed E-state index contributed by atoms with van der Waals surface area (Å²) < 4.78 is 36.2. The lowest BCUT2D eigenvalue weighted by atomic mass is 10.1. The quantitative estimate of drug-likeness (QED) is 0.860. The molecule has 1 atom stereocenters. The monoisotopic (exact) mass is 247 g/mol. The molecule has 0 bridgehead atoms. The fourth-order valence-electron chi connectivity index (χ4n) is 1.26. The minimum Gasteiger partial charge on any atom is -0.480 e. The molecule has 0 aliphatic rings. The second kappa shape index (κ2) is 5.07. The number of hydrogen-bond acceptors (Lipinski definition) is 2. The van der Waals surface area contributed by atoms with Crippen LogP contribution in [0.2, 0.25) is 0 Å². The molecule has 1 aromatic carbocycles. The van der Waals surface area contributed by atoms with Crippen molar-refractivity contribution in [2.75, 3.05) is 5.32 Å². The molecule has 17 heavy (non-hydrogen) atoms. The van der Waals surface area contributed by atoms with Crippen molar-refractivity contribution in [1.29, 1.82) is 0 Å². The maximum absolute atomic E-state index is 12.1. The van der Waals surface area contributed by atoms with E-state index in [0.717, 1.165) is 0 Å². The fourth-order valence-corrected chi connectivity index (χ4v) is 1.26. The predicted molar refractivity (Wildman–Crippen MR) is 56.9 cm³/mol. The molecule has 0 heterocycles. The molecule has 0 aliphatic carbocycles. The Labute approximate surface area is 96.3 Å². The summed E-state index contributed by atoms with van der Waals surface area (Å²) in [5.41, 5.74) is 0.622. The van der Waals surface area contributed by atoms with Crippen LogP contribution in [0.5, 0.6) is 0 Å². The third-order valence-electron chi connectivity index (χ3n) is 2.11. The summed E-state index contributed by atoms with van der Waals surface area (Å²) in [4.78, 5) is 10.5. The van der Waals surface area contributed by atoms with Gasteiger partial charge in [-0.05, 0) is 24.6 Å². The zero-order valence-corrected chi connectivity index (χ0v) is 9.08. The van der Waals surface area contributed by atoms with Crippen LogP contribution >= 0.6 is 0 Å². The largest absolute Gasteiger partial charge is 0.480 e. The molecule has 0 fully saturated rings. The lowest BCUT2D eigenvalue weighted by molar-refractivity contribution is -0.137. The molecule has 1 rings (SSSR count). The van der Waals surface area contributed by atoms with Crippen LogP contribution in [0, 0.1) is 0 Å². The molecular formula is C11H12F3NO2. The van der Waals surface area contributed by atoms with Gasteiger partial charge in [-0.25, -0.2) is 0 Å². The van der Waals surface area contributed by atoms with E-state index in [-0.39, 0.29) is 5.56 Å². The van der Waals surface area contributed by atoms with E-state index in [1.807, 2.05) is 0 Å². The Kier molecular flexibility index (Phi) is 3.98. The molecule has 0 aliphatic heterocycles. The molecule has 1 aromatic rings. The molecule has 0 aromatic heterocycles. The van der Waals surface area contributed by atoms with Gasteiger partial charge in [0.1, 0.15) is 6.04 Å². The third-order valence-corrected chi connectivity index (χ3v) is 2.11. The average Bonchev–Trinajstić information content (AvgIpc) is 2.18. The average molecular weight is 247 g/mol. The van der Waals surface area contributed by atoms with E-state index in [4.69, 9.17) is 5.11 Å². The van der Waals surface area contributed by atoms with Gasteiger partial charge in [-0.2, -0.15) is 13.2 Å². The van der Waals surface area contributed by atoms with E-state index in [1.54, 1.807) is 0 Å². The summed E-state index contributed by atoms with van der Waals surface area (Å²) in [5.74, 6) is -1.02. The molecule has 6 heteroatoms. The molecule has 0 unspecified atom stereocenters. The van der Waals surface area contributed by atoms with Crippen LogP contribution in [0.15, 0.2) is 24.3 Å². The van der Waals surface area contributed by atoms with Gasteiger partial charge >= 0.3 is 12.1 Å². The highest BCUT2D eigenvalue weighted by molar-refractivity contribution is 5.76. The maximum atomic E-state index is 12.1. The lowest BCUT2D eigenvalue weighted by Gasteiger charge is -2.11. The van der Waals surface area contributed by atoms with Crippen molar-refractivity contribution in [2.45, 2.75) is 25.6 Å². The normalized spacial score (nSPS) is 13.2. The highest BCUT2D eigenvalue weighted by Crippen LogP contribution is 2.22. The number of nitrogens with one attached hydrogen (secondary N) is 1. The van der Waals surface area contributed by atoms with Gasteiger partial charge in [-0.15, -0.1) is 0 Å². The van der Waals surface area contributed by atoms with Gasteiger partial charge in [0.15, 0.2) is 0 Å². The summed E-state index contributed by atoms with van der Waals surface area (Å²) in [6.45, 7) is 1.45. The summed E-state index contributed by atoms with van der Waals surface area (Å²) >= 11 is 0. The first-order valence-corrected chi connectivity index (χ1v) is 4.93.